The number of hydrogen-bond donors (Lipinski definition) is 1. The summed E-state index contributed by atoms with van der Waals surface area (Å²) in [6, 6.07) is 8.15. The zero-order chi connectivity index (χ0) is 13.8. The van der Waals surface area contributed by atoms with Gasteiger partial charge in [0.25, 0.3) is 0 Å². The predicted molar refractivity (Wildman–Crippen MR) is 75.1 cm³/mol. The quantitative estimate of drug-likeness (QED) is 0.869. The summed E-state index contributed by atoms with van der Waals surface area (Å²) in [5.74, 6) is 0.149. The lowest BCUT2D eigenvalue weighted by molar-refractivity contribution is -0.139. The summed E-state index contributed by atoms with van der Waals surface area (Å²) in [6.07, 6.45) is 0.712. The molecule has 1 aromatic rings. The first-order valence-corrected chi connectivity index (χ1v) is 6.38. The maximum Gasteiger partial charge on any atom is 0.228 e. The average Bonchev–Trinajstić information content (AvgIpc) is 2.31. The Morgan fingerprint density at radius 2 is 1.94 bits per heavy atom. The standard InChI is InChI=1S/C15H24N2O/c1-12-7-5-6-8-13(12)11-17(4)14(18)15(2,3)9-10-16/h5-8H,9-11,16H2,1-4H3. The maximum absolute atomic E-state index is 12.3. The lowest BCUT2D eigenvalue weighted by Crippen LogP contribution is -2.39. The van der Waals surface area contributed by atoms with Crippen LogP contribution in [0.1, 0.15) is 31.4 Å². The van der Waals surface area contributed by atoms with Crippen LogP contribution >= 0.6 is 0 Å². The van der Waals surface area contributed by atoms with Gasteiger partial charge in [0, 0.05) is 19.0 Å². The van der Waals surface area contributed by atoms with Crippen LogP contribution in [0.25, 0.3) is 0 Å². The molecule has 0 aliphatic rings. The number of rotatable bonds is 5. The van der Waals surface area contributed by atoms with Crippen molar-refractivity contribution in [2.75, 3.05) is 13.6 Å². The highest BCUT2D eigenvalue weighted by Gasteiger charge is 2.29. The van der Waals surface area contributed by atoms with E-state index < -0.39 is 0 Å². The van der Waals surface area contributed by atoms with Gasteiger partial charge < -0.3 is 10.6 Å². The van der Waals surface area contributed by atoms with Crippen LogP contribution in [-0.2, 0) is 11.3 Å². The number of nitrogens with zero attached hydrogens (tertiary/aromatic N) is 1. The zero-order valence-electron chi connectivity index (χ0n) is 11.9. The second-order valence-corrected chi connectivity index (χ2v) is 5.51. The highest BCUT2D eigenvalue weighted by atomic mass is 16.2. The van der Waals surface area contributed by atoms with Crippen LogP contribution in [0.15, 0.2) is 24.3 Å². The van der Waals surface area contributed by atoms with E-state index in [-0.39, 0.29) is 11.3 Å². The molecule has 0 aromatic heterocycles. The molecule has 100 valence electrons. The van der Waals surface area contributed by atoms with Crippen LogP contribution < -0.4 is 5.73 Å². The van der Waals surface area contributed by atoms with E-state index in [1.54, 1.807) is 4.90 Å². The number of aryl methyl sites for hydroxylation is 1. The van der Waals surface area contributed by atoms with Gasteiger partial charge >= 0.3 is 0 Å². The van der Waals surface area contributed by atoms with Gasteiger partial charge in [0.05, 0.1) is 0 Å². The minimum Gasteiger partial charge on any atom is -0.341 e. The van der Waals surface area contributed by atoms with E-state index in [0.717, 1.165) is 0 Å². The summed E-state index contributed by atoms with van der Waals surface area (Å²) in [7, 11) is 1.85. The van der Waals surface area contributed by atoms with Gasteiger partial charge in [-0.25, -0.2) is 0 Å². The van der Waals surface area contributed by atoms with Crippen molar-refractivity contribution in [1.29, 1.82) is 0 Å². The van der Waals surface area contributed by atoms with E-state index in [2.05, 4.69) is 19.1 Å². The summed E-state index contributed by atoms with van der Waals surface area (Å²) in [6.45, 7) is 7.17. The molecule has 0 aliphatic carbocycles. The van der Waals surface area contributed by atoms with Gasteiger partial charge in [0.2, 0.25) is 5.91 Å². The van der Waals surface area contributed by atoms with Crippen LogP contribution in [0.2, 0.25) is 0 Å². The Labute approximate surface area is 110 Å². The molecule has 1 amide bonds. The molecular weight excluding hydrogens is 224 g/mol. The summed E-state index contributed by atoms with van der Waals surface area (Å²) >= 11 is 0. The first kappa shape index (κ1) is 14.7. The summed E-state index contributed by atoms with van der Waals surface area (Å²) < 4.78 is 0. The molecular formula is C15H24N2O. The van der Waals surface area contributed by atoms with Crippen LogP contribution in [-0.4, -0.2) is 24.4 Å². The van der Waals surface area contributed by atoms with E-state index in [0.29, 0.717) is 19.5 Å². The Balaban J connectivity index is 2.74. The first-order valence-electron chi connectivity index (χ1n) is 6.38. The van der Waals surface area contributed by atoms with Crippen LogP contribution in [0.4, 0.5) is 0 Å². The number of benzene rings is 1. The molecule has 0 bridgehead atoms. The van der Waals surface area contributed by atoms with Gasteiger partial charge in [-0.1, -0.05) is 38.1 Å². The van der Waals surface area contributed by atoms with E-state index >= 15 is 0 Å². The van der Waals surface area contributed by atoms with Crippen LogP contribution in [0.3, 0.4) is 0 Å². The van der Waals surface area contributed by atoms with Gasteiger partial charge in [0.15, 0.2) is 0 Å². The van der Waals surface area contributed by atoms with Crippen molar-refractivity contribution in [1.82, 2.24) is 4.90 Å². The van der Waals surface area contributed by atoms with Crippen molar-refractivity contribution < 1.29 is 4.79 Å². The molecule has 0 heterocycles. The Morgan fingerprint density at radius 3 is 2.50 bits per heavy atom. The van der Waals surface area contributed by atoms with E-state index in [9.17, 15) is 4.79 Å². The minimum absolute atomic E-state index is 0.149. The van der Waals surface area contributed by atoms with Crippen molar-refractivity contribution in [3.63, 3.8) is 0 Å². The monoisotopic (exact) mass is 248 g/mol. The fraction of sp³-hybridized carbons (Fsp3) is 0.533. The molecule has 0 fully saturated rings. The maximum atomic E-state index is 12.3. The van der Waals surface area contributed by atoms with Crippen LogP contribution in [0, 0.1) is 12.3 Å². The van der Waals surface area contributed by atoms with Crippen molar-refractivity contribution in [3.05, 3.63) is 35.4 Å². The second kappa shape index (κ2) is 6.01. The van der Waals surface area contributed by atoms with E-state index in [1.807, 2.05) is 33.0 Å². The van der Waals surface area contributed by atoms with Gasteiger partial charge in [-0.2, -0.15) is 0 Å². The van der Waals surface area contributed by atoms with Crippen molar-refractivity contribution in [3.8, 4) is 0 Å². The molecule has 0 spiro atoms. The molecule has 0 unspecified atom stereocenters. The number of carbonyl (C=O) groups excluding carboxylic acids is 1. The average molecular weight is 248 g/mol. The largest absolute Gasteiger partial charge is 0.341 e. The Morgan fingerprint density at radius 1 is 1.33 bits per heavy atom. The molecule has 0 atom stereocenters. The van der Waals surface area contributed by atoms with E-state index in [1.165, 1.54) is 11.1 Å². The normalized spacial score (nSPS) is 11.4. The van der Waals surface area contributed by atoms with Crippen molar-refractivity contribution in [2.24, 2.45) is 11.1 Å². The molecule has 0 aliphatic heterocycles. The summed E-state index contributed by atoms with van der Waals surface area (Å²) in [5, 5.41) is 0. The number of carbonyl (C=O) groups is 1. The molecule has 3 nitrogen and oxygen atoms in total. The number of amides is 1. The minimum atomic E-state index is -0.383. The van der Waals surface area contributed by atoms with Crippen molar-refractivity contribution in [2.45, 2.75) is 33.7 Å². The summed E-state index contributed by atoms with van der Waals surface area (Å²) in [4.78, 5) is 14.1. The summed E-state index contributed by atoms with van der Waals surface area (Å²) in [5.41, 5.74) is 7.58. The fourth-order valence-corrected chi connectivity index (χ4v) is 2.10. The van der Waals surface area contributed by atoms with Gasteiger partial charge in [0.1, 0.15) is 0 Å². The molecule has 0 saturated carbocycles. The second-order valence-electron chi connectivity index (χ2n) is 5.51. The lowest BCUT2D eigenvalue weighted by Gasteiger charge is -2.29. The smallest absolute Gasteiger partial charge is 0.228 e. The van der Waals surface area contributed by atoms with Gasteiger partial charge in [-0.3, -0.25) is 4.79 Å². The highest BCUT2D eigenvalue weighted by molar-refractivity contribution is 5.81. The molecule has 2 N–H and O–H groups in total. The van der Waals surface area contributed by atoms with Gasteiger partial charge in [-0.05, 0) is 31.0 Å². The Bertz CT molecular complexity index is 413. The molecule has 1 rings (SSSR count). The first-order chi connectivity index (χ1) is 8.38. The molecule has 0 radical (unpaired) electrons. The lowest BCUT2D eigenvalue weighted by atomic mass is 9.87. The third kappa shape index (κ3) is 3.57. The third-order valence-corrected chi connectivity index (χ3v) is 3.36. The molecule has 3 heteroatoms. The fourth-order valence-electron chi connectivity index (χ4n) is 2.10. The topological polar surface area (TPSA) is 46.3 Å². The van der Waals surface area contributed by atoms with E-state index in [4.69, 9.17) is 5.73 Å². The molecule has 1 aromatic carbocycles. The Hall–Kier alpha value is -1.35. The highest BCUT2D eigenvalue weighted by Crippen LogP contribution is 2.23. The number of hydrogen-bond acceptors (Lipinski definition) is 2. The zero-order valence-corrected chi connectivity index (χ0v) is 11.9. The number of nitrogens with two attached hydrogens (primary N) is 1. The molecule has 18 heavy (non-hydrogen) atoms. The molecule has 0 saturated heterocycles. The predicted octanol–water partition coefficient (Wildman–Crippen LogP) is 2.33. The SMILES string of the molecule is Cc1ccccc1CN(C)C(=O)C(C)(C)CCN. The van der Waals surface area contributed by atoms with Gasteiger partial charge in [-0.15, -0.1) is 0 Å². The van der Waals surface area contributed by atoms with Crippen molar-refractivity contribution >= 4 is 5.91 Å². The van der Waals surface area contributed by atoms with Crippen LogP contribution in [0.5, 0.6) is 0 Å². The third-order valence-electron chi connectivity index (χ3n) is 3.36. The Kier molecular flexibility index (Phi) is 4.91.